The summed E-state index contributed by atoms with van der Waals surface area (Å²) in [5.41, 5.74) is 3.38. The van der Waals surface area contributed by atoms with E-state index in [-0.39, 0.29) is 5.04 Å². The first kappa shape index (κ1) is 22.6. The molecule has 4 rings (SSSR count). The zero-order chi connectivity index (χ0) is 22.1. The van der Waals surface area contributed by atoms with Gasteiger partial charge in [-0.25, -0.2) is 9.97 Å². The number of hydrogen-bond acceptors (Lipinski definition) is 5. The van der Waals surface area contributed by atoms with Gasteiger partial charge in [-0.05, 0) is 36.2 Å². The van der Waals surface area contributed by atoms with Crippen LogP contribution in [0.3, 0.4) is 0 Å². The van der Waals surface area contributed by atoms with Crippen LogP contribution < -0.4 is 0 Å². The first-order chi connectivity index (χ1) is 14.7. The highest BCUT2D eigenvalue weighted by molar-refractivity contribution is 6.74. The quantitative estimate of drug-likeness (QED) is 0.581. The third-order valence-electron chi connectivity index (χ3n) is 7.35. The van der Waals surface area contributed by atoms with E-state index < -0.39 is 8.32 Å². The number of ether oxygens (including phenoxy) is 1. The van der Waals surface area contributed by atoms with Crippen molar-refractivity contribution in [3.63, 3.8) is 0 Å². The van der Waals surface area contributed by atoms with Crippen molar-refractivity contribution in [1.29, 1.82) is 0 Å². The van der Waals surface area contributed by atoms with Crippen molar-refractivity contribution >= 4 is 8.32 Å². The predicted octanol–water partition coefficient (Wildman–Crippen LogP) is 4.79. The molecule has 2 fully saturated rings. The van der Waals surface area contributed by atoms with Gasteiger partial charge in [0.1, 0.15) is 0 Å². The maximum Gasteiger partial charge on any atom is 0.192 e. The number of likely N-dealkylation sites (tertiary alicyclic amines) is 1. The molecular formula is C25H37N3O2Si. The van der Waals surface area contributed by atoms with Gasteiger partial charge in [0.05, 0.1) is 25.5 Å². The number of benzene rings is 1. The minimum Gasteiger partial charge on any atom is -0.411 e. The van der Waals surface area contributed by atoms with Crippen LogP contribution in [0.4, 0.5) is 0 Å². The Kier molecular flexibility index (Phi) is 6.63. The summed E-state index contributed by atoms with van der Waals surface area (Å²) in [7, 11) is -1.79. The molecule has 3 heterocycles. The molecule has 1 aromatic heterocycles. The van der Waals surface area contributed by atoms with Crippen LogP contribution in [0.25, 0.3) is 11.4 Å². The van der Waals surface area contributed by atoms with Gasteiger partial charge in [0.2, 0.25) is 0 Å². The molecule has 2 aliphatic rings. The molecule has 0 N–H and O–H groups in total. The molecule has 0 amide bonds. The van der Waals surface area contributed by atoms with E-state index in [9.17, 15) is 0 Å². The number of rotatable bonds is 7. The van der Waals surface area contributed by atoms with E-state index in [2.05, 4.69) is 68.0 Å². The molecule has 0 spiro atoms. The molecule has 31 heavy (non-hydrogen) atoms. The SMILES string of the molecule is CC(C)(C)[Si](C)(C)OCc1ccnc(-c2ccc(CCN3CC4COCC4C3)cc2)n1. The second-order valence-corrected chi connectivity index (χ2v) is 15.5. The van der Waals surface area contributed by atoms with Crippen LogP contribution in [-0.4, -0.2) is 56.0 Å². The Morgan fingerprint density at radius 2 is 1.74 bits per heavy atom. The standard InChI is InChI=1S/C25H37N3O2Si/c1-25(2,3)31(4,5)30-18-23-10-12-26-24(27-23)20-8-6-19(7-9-20)11-13-28-14-21-16-29-17-22(21)15-28/h6-10,12,21-22H,11,13-18H2,1-5H3. The van der Waals surface area contributed by atoms with Gasteiger partial charge in [-0.1, -0.05) is 45.0 Å². The summed E-state index contributed by atoms with van der Waals surface area (Å²) in [6.45, 7) is 17.3. The zero-order valence-electron chi connectivity index (χ0n) is 19.7. The topological polar surface area (TPSA) is 47.5 Å². The monoisotopic (exact) mass is 439 g/mol. The largest absolute Gasteiger partial charge is 0.411 e. The van der Waals surface area contributed by atoms with E-state index in [1.54, 1.807) is 0 Å². The smallest absolute Gasteiger partial charge is 0.192 e. The number of hydrogen-bond donors (Lipinski definition) is 0. The molecule has 1 aromatic carbocycles. The van der Waals surface area contributed by atoms with Crippen molar-refractivity contribution < 1.29 is 9.16 Å². The highest BCUT2D eigenvalue weighted by Gasteiger charge is 2.37. The van der Waals surface area contributed by atoms with Gasteiger partial charge >= 0.3 is 0 Å². The fourth-order valence-corrected chi connectivity index (χ4v) is 5.10. The van der Waals surface area contributed by atoms with Crippen molar-refractivity contribution in [2.24, 2.45) is 11.8 Å². The molecule has 168 valence electrons. The third-order valence-corrected chi connectivity index (χ3v) is 11.8. The minimum atomic E-state index is -1.79. The van der Waals surface area contributed by atoms with Gasteiger partial charge in [-0.3, -0.25) is 0 Å². The number of nitrogens with zero attached hydrogens (tertiary/aromatic N) is 3. The highest BCUT2D eigenvalue weighted by atomic mass is 28.4. The lowest BCUT2D eigenvalue weighted by molar-refractivity contribution is 0.155. The normalized spacial score (nSPS) is 22.1. The van der Waals surface area contributed by atoms with Crippen LogP contribution in [0.15, 0.2) is 36.5 Å². The molecule has 6 heteroatoms. The Morgan fingerprint density at radius 3 is 2.39 bits per heavy atom. The number of fused-ring (bicyclic) bond motifs is 1. The summed E-state index contributed by atoms with van der Waals surface area (Å²) in [5, 5.41) is 0.195. The Bertz CT molecular complexity index is 867. The Hall–Kier alpha value is -1.60. The number of aromatic nitrogens is 2. The molecule has 5 nitrogen and oxygen atoms in total. The van der Waals surface area contributed by atoms with Crippen molar-refractivity contribution in [2.45, 2.75) is 51.9 Å². The fraction of sp³-hybridized carbons (Fsp3) is 0.600. The van der Waals surface area contributed by atoms with E-state index in [0.29, 0.717) is 6.61 Å². The van der Waals surface area contributed by atoms with Crippen LogP contribution in [0.2, 0.25) is 18.1 Å². The Balaban J connectivity index is 1.33. The van der Waals surface area contributed by atoms with Gasteiger partial charge < -0.3 is 14.1 Å². The van der Waals surface area contributed by atoms with E-state index >= 15 is 0 Å². The van der Waals surface area contributed by atoms with Gasteiger partial charge in [0, 0.05) is 43.2 Å². The lowest BCUT2D eigenvalue weighted by atomic mass is 10.0. The molecular weight excluding hydrogens is 402 g/mol. The minimum absolute atomic E-state index is 0.195. The van der Waals surface area contributed by atoms with Crippen LogP contribution in [0.1, 0.15) is 32.0 Å². The molecule has 0 aliphatic carbocycles. The van der Waals surface area contributed by atoms with Gasteiger partial charge in [0.15, 0.2) is 14.1 Å². The molecule has 0 bridgehead atoms. The van der Waals surface area contributed by atoms with E-state index in [4.69, 9.17) is 14.1 Å². The molecule has 0 saturated carbocycles. The first-order valence-electron chi connectivity index (χ1n) is 11.6. The van der Waals surface area contributed by atoms with Crippen molar-refractivity contribution in [1.82, 2.24) is 14.9 Å². The van der Waals surface area contributed by atoms with Crippen molar-refractivity contribution in [3.05, 3.63) is 47.8 Å². The van der Waals surface area contributed by atoms with Gasteiger partial charge in [0.25, 0.3) is 0 Å². The molecule has 2 unspecified atom stereocenters. The van der Waals surface area contributed by atoms with Gasteiger partial charge in [-0.2, -0.15) is 0 Å². The lowest BCUT2D eigenvalue weighted by Gasteiger charge is -2.36. The van der Waals surface area contributed by atoms with Crippen LogP contribution in [0, 0.1) is 11.8 Å². The maximum atomic E-state index is 6.33. The Labute approximate surface area is 188 Å². The predicted molar refractivity (Wildman–Crippen MR) is 127 cm³/mol. The third kappa shape index (κ3) is 5.42. The highest BCUT2D eigenvalue weighted by Crippen LogP contribution is 2.37. The van der Waals surface area contributed by atoms with E-state index in [0.717, 1.165) is 55.1 Å². The average molecular weight is 440 g/mol. The molecule has 2 aliphatic heterocycles. The molecule has 2 saturated heterocycles. The fourth-order valence-electron chi connectivity index (χ4n) is 4.16. The first-order valence-corrected chi connectivity index (χ1v) is 14.5. The maximum absolute atomic E-state index is 6.33. The zero-order valence-corrected chi connectivity index (χ0v) is 20.7. The van der Waals surface area contributed by atoms with Crippen molar-refractivity contribution in [2.75, 3.05) is 32.8 Å². The second-order valence-electron chi connectivity index (χ2n) is 10.7. The van der Waals surface area contributed by atoms with Crippen LogP contribution in [0.5, 0.6) is 0 Å². The van der Waals surface area contributed by atoms with Gasteiger partial charge in [-0.15, -0.1) is 0 Å². The molecule has 0 radical (unpaired) electrons. The van der Waals surface area contributed by atoms with Crippen LogP contribution in [-0.2, 0) is 22.2 Å². The van der Waals surface area contributed by atoms with E-state index in [1.807, 2.05) is 12.3 Å². The molecule has 2 aromatic rings. The summed E-state index contributed by atoms with van der Waals surface area (Å²) in [4.78, 5) is 11.9. The average Bonchev–Trinajstić information content (AvgIpc) is 3.32. The summed E-state index contributed by atoms with van der Waals surface area (Å²) < 4.78 is 11.9. The summed E-state index contributed by atoms with van der Waals surface area (Å²) >= 11 is 0. The second kappa shape index (κ2) is 9.10. The van der Waals surface area contributed by atoms with Crippen LogP contribution >= 0.6 is 0 Å². The summed E-state index contributed by atoms with van der Waals surface area (Å²) in [6, 6.07) is 10.7. The molecule has 2 atom stereocenters. The lowest BCUT2D eigenvalue weighted by Crippen LogP contribution is -2.40. The van der Waals surface area contributed by atoms with E-state index in [1.165, 1.54) is 18.7 Å². The summed E-state index contributed by atoms with van der Waals surface area (Å²) in [5.74, 6) is 2.29. The van der Waals surface area contributed by atoms with Crippen molar-refractivity contribution in [3.8, 4) is 11.4 Å². The Morgan fingerprint density at radius 1 is 1.06 bits per heavy atom. The summed E-state index contributed by atoms with van der Waals surface area (Å²) in [6.07, 6.45) is 2.93.